The Morgan fingerprint density at radius 3 is 2.78 bits per heavy atom. The zero-order chi connectivity index (χ0) is 16.7. The first-order chi connectivity index (χ1) is 11.0. The van der Waals surface area contributed by atoms with Gasteiger partial charge in [-0.3, -0.25) is 4.99 Å². The number of aliphatic imine (C=N–C) groups is 1. The molecule has 0 amide bonds. The molecule has 0 fully saturated rings. The third-order valence-electron chi connectivity index (χ3n) is 3.46. The Kier molecular flexibility index (Phi) is 6.04. The van der Waals surface area contributed by atoms with Crippen LogP contribution in [-0.2, 0) is 13.0 Å². The van der Waals surface area contributed by atoms with Crippen molar-refractivity contribution in [1.29, 1.82) is 0 Å². The van der Waals surface area contributed by atoms with Crippen LogP contribution in [0.15, 0.2) is 46.1 Å². The van der Waals surface area contributed by atoms with Crippen molar-refractivity contribution in [2.24, 2.45) is 10.4 Å². The van der Waals surface area contributed by atoms with E-state index in [1.807, 2.05) is 24.3 Å². The lowest BCUT2D eigenvalue weighted by Gasteiger charge is -2.26. The first kappa shape index (κ1) is 17.3. The summed E-state index contributed by atoms with van der Waals surface area (Å²) in [5.41, 5.74) is 2.14. The molecule has 0 bridgehead atoms. The Morgan fingerprint density at radius 2 is 2.13 bits per heavy atom. The fraction of sp³-hybridized carbons (Fsp3) is 0.412. The number of hydrogen-bond acceptors (Lipinski definition) is 3. The fourth-order valence-corrected chi connectivity index (χ4v) is 2.52. The molecular formula is C17H23ClN4O. The van der Waals surface area contributed by atoms with Crippen LogP contribution in [0.3, 0.4) is 0 Å². The number of hydrogen-bond donors (Lipinski definition) is 2. The van der Waals surface area contributed by atoms with Crippen molar-refractivity contribution in [3.05, 3.63) is 52.9 Å². The van der Waals surface area contributed by atoms with Gasteiger partial charge in [-0.25, -0.2) is 0 Å². The number of nitrogens with one attached hydrogen (secondary N) is 2. The number of nitrogens with zero attached hydrogens (tertiary/aromatic N) is 2. The molecule has 0 aliphatic rings. The molecule has 5 nitrogen and oxygen atoms in total. The van der Waals surface area contributed by atoms with Gasteiger partial charge in [0.05, 0.1) is 6.54 Å². The Balaban J connectivity index is 1.84. The number of aromatic nitrogens is 1. The molecule has 0 aliphatic carbocycles. The summed E-state index contributed by atoms with van der Waals surface area (Å²) < 4.78 is 4.81. The molecule has 0 saturated heterocycles. The molecule has 0 saturated carbocycles. The average Bonchev–Trinajstić information content (AvgIpc) is 3.00. The summed E-state index contributed by atoms with van der Waals surface area (Å²) in [5, 5.41) is 11.2. The molecule has 1 aromatic carbocycles. The molecule has 23 heavy (non-hydrogen) atoms. The van der Waals surface area contributed by atoms with Gasteiger partial charge in [0, 0.05) is 24.7 Å². The van der Waals surface area contributed by atoms with E-state index in [1.165, 1.54) is 5.56 Å². The Hall–Kier alpha value is -2.01. The molecule has 0 unspecified atom stereocenters. The Bertz CT molecular complexity index is 638. The van der Waals surface area contributed by atoms with E-state index in [9.17, 15) is 0 Å². The van der Waals surface area contributed by atoms with Gasteiger partial charge < -0.3 is 15.2 Å². The van der Waals surface area contributed by atoms with E-state index in [0.29, 0.717) is 6.54 Å². The minimum atomic E-state index is 0.0657. The molecule has 2 rings (SSSR count). The van der Waals surface area contributed by atoms with Crippen LogP contribution in [0.2, 0.25) is 5.02 Å². The molecule has 0 aliphatic heterocycles. The van der Waals surface area contributed by atoms with Crippen molar-refractivity contribution in [2.75, 3.05) is 13.6 Å². The third kappa shape index (κ3) is 5.94. The second kappa shape index (κ2) is 8.02. The Morgan fingerprint density at radius 1 is 1.30 bits per heavy atom. The van der Waals surface area contributed by atoms with E-state index in [2.05, 4.69) is 40.7 Å². The number of rotatable bonds is 6. The van der Waals surface area contributed by atoms with Gasteiger partial charge in [0.1, 0.15) is 12.0 Å². The molecule has 1 heterocycles. The predicted molar refractivity (Wildman–Crippen MR) is 93.6 cm³/mol. The van der Waals surface area contributed by atoms with Crippen molar-refractivity contribution in [3.63, 3.8) is 0 Å². The second-order valence-corrected chi connectivity index (χ2v) is 6.68. The highest BCUT2D eigenvalue weighted by Gasteiger charge is 2.19. The zero-order valence-corrected chi connectivity index (χ0v) is 14.5. The highest BCUT2D eigenvalue weighted by Crippen LogP contribution is 2.22. The third-order valence-corrected chi connectivity index (χ3v) is 3.69. The molecule has 0 atom stereocenters. The lowest BCUT2D eigenvalue weighted by atomic mass is 9.86. The van der Waals surface area contributed by atoms with Gasteiger partial charge in [-0.1, -0.05) is 42.7 Å². The van der Waals surface area contributed by atoms with E-state index >= 15 is 0 Å². The van der Waals surface area contributed by atoms with Crippen LogP contribution in [-0.4, -0.2) is 24.7 Å². The van der Waals surface area contributed by atoms with Crippen LogP contribution in [0.1, 0.15) is 25.1 Å². The Labute approximate surface area is 142 Å². The predicted octanol–water partition coefficient (Wildman–Crippen LogP) is 3.26. The monoisotopic (exact) mass is 334 g/mol. The lowest BCUT2D eigenvalue weighted by Crippen LogP contribution is -2.42. The highest BCUT2D eigenvalue weighted by atomic mass is 35.5. The van der Waals surface area contributed by atoms with Gasteiger partial charge in [-0.2, -0.15) is 0 Å². The van der Waals surface area contributed by atoms with Crippen LogP contribution >= 0.6 is 11.6 Å². The van der Waals surface area contributed by atoms with Gasteiger partial charge >= 0.3 is 0 Å². The summed E-state index contributed by atoms with van der Waals surface area (Å²) in [6, 6.07) is 9.82. The highest BCUT2D eigenvalue weighted by molar-refractivity contribution is 6.30. The average molecular weight is 335 g/mol. The van der Waals surface area contributed by atoms with Gasteiger partial charge in [0.2, 0.25) is 0 Å². The SMILES string of the molecule is CN=C(NCc1ccon1)NCC(C)(C)Cc1cccc(Cl)c1. The number of halogens is 1. The van der Waals surface area contributed by atoms with Crippen LogP contribution < -0.4 is 10.6 Å². The van der Waals surface area contributed by atoms with Crippen LogP contribution in [0.25, 0.3) is 0 Å². The summed E-state index contributed by atoms with van der Waals surface area (Å²) in [6.07, 6.45) is 2.49. The molecule has 124 valence electrons. The van der Waals surface area contributed by atoms with Crippen LogP contribution in [0, 0.1) is 5.41 Å². The van der Waals surface area contributed by atoms with Crippen LogP contribution in [0.4, 0.5) is 0 Å². The van der Waals surface area contributed by atoms with E-state index in [-0.39, 0.29) is 5.41 Å². The standard InChI is InChI=1S/C17H23ClN4O/c1-17(2,10-13-5-4-6-14(18)9-13)12-21-16(19-3)20-11-15-7-8-23-22-15/h4-9H,10-12H2,1-3H3,(H2,19,20,21). The fourth-order valence-electron chi connectivity index (χ4n) is 2.31. The van der Waals surface area contributed by atoms with Gasteiger partial charge in [0.15, 0.2) is 5.96 Å². The molecule has 0 spiro atoms. The normalized spacial score (nSPS) is 12.3. The molecule has 0 radical (unpaired) electrons. The number of guanidine groups is 1. The quantitative estimate of drug-likeness (QED) is 0.628. The number of benzene rings is 1. The van der Waals surface area contributed by atoms with Gasteiger partial charge in [-0.15, -0.1) is 0 Å². The summed E-state index contributed by atoms with van der Waals surface area (Å²) in [7, 11) is 1.75. The van der Waals surface area contributed by atoms with Crippen molar-refractivity contribution >= 4 is 17.6 Å². The zero-order valence-electron chi connectivity index (χ0n) is 13.8. The molecule has 6 heteroatoms. The summed E-state index contributed by atoms with van der Waals surface area (Å²) in [6.45, 7) is 5.79. The maximum absolute atomic E-state index is 6.06. The minimum Gasteiger partial charge on any atom is -0.364 e. The maximum Gasteiger partial charge on any atom is 0.191 e. The molecule has 2 aromatic rings. The second-order valence-electron chi connectivity index (χ2n) is 6.24. The largest absolute Gasteiger partial charge is 0.364 e. The van der Waals surface area contributed by atoms with Crippen molar-refractivity contribution < 1.29 is 4.52 Å². The smallest absolute Gasteiger partial charge is 0.191 e. The summed E-state index contributed by atoms with van der Waals surface area (Å²) >= 11 is 6.06. The molecular weight excluding hydrogens is 312 g/mol. The van der Waals surface area contributed by atoms with Gasteiger partial charge in [-0.05, 0) is 29.5 Å². The summed E-state index contributed by atoms with van der Waals surface area (Å²) in [5.74, 6) is 0.743. The van der Waals surface area contributed by atoms with E-state index in [1.54, 1.807) is 13.3 Å². The van der Waals surface area contributed by atoms with E-state index in [0.717, 1.165) is 29.6 Å². The van der Waals surface area contributed by atoms with Crippen LogP contribution in [0.5, 0.6) is 0 Å². The summed E-state index contributed by atoms with van der Waals surface area (Å²) in [4.78, 5) is 4.23. The lowest BCUT2D eigenvalue weighted by molar-refractivity contribution is 0.359. The molecule has 2 N–H and O–H groups in total. The van der Waals surface area contributed by atoms with Crippen molar-refractivity contribution in [3.8, 4) is 0 Å². The van der Waals surface area contributed by atoms with E-state index in [4.69, 9.17) is 16.1 Å². The minimum absolute atomic E-state index is 0.0657. The topological polar surface area (TPSA) is 62.5 Å². The van der Waals surface area contributed by atoms with Gasteiger partial charge in [0.25, 0.3) is 0 Å². The first-order valence-corrected chi connectivity index (χ1v) is 7.94. The van der Waals surface area contributed by atoms with E-state index < -0.39 is 0 Å². The molecule has 1 aromatic heterocycles. The van der Waals surface area contributed by atoms with Crippen molar-refractivity contribution in [2.45, 2.75) is 26.8 Å². The van der Waals surface area contributed by atoms with Crippen molar-refractivity contribution in [1.82, 2.24) is 15.8 Å². The maximum atomic E-state index is 6.06. The first-order valence-electron chi connectivity index (χ1n) is 7.57.